The normalized spacial score (nSPS) is 15.9. The highest BCUT2D eigenvalue weighted by Crippen LogP contribution is 2.06. The van der Waals surface area contributed by atoms with Crippen LogP contribution in [0.3, 0.4) is 0 Å². The lowest BCUT2D eigenvalue weighted by Gasteiger charge is -2.11. The van der Waals surface area contributed by atoms with Crippen LogP contribution in [0.4, 0.5) is 0 Å². The minimum absolute atomic E-state index is 0.0278. The highest BCUT2D eigenvalue weighted by atomic mass is 31.1. The van der Waals surface area contributed by atoms with Gasteiger partial charge in [0.15, 0.2) is 6.29 Å². The molecular weight excluding hydrogens is 141 g/mol. The summed E-state index contributed by atoms with van der Waals surface area (Å²) in [5.41, 5.74) is 8.66. The average molecular weight is 152 g/mol. The van der Waals surface area contributed by atoms with E-state index in [1.807, 2.05) is 0 Å². The Hall–Kier alpha value is -0.0600. The summed E-state index contributed by atoms with van der Waals surface area (Å²) in [5.74, 6) is 0. The summed E-state index contributed by atoms with van der Waals surface area (Å²) in [6.45, 7) is 0. The van der Waals surface area contributed by atoms with E-state index < -0.39 is 14.3 Å². The molecule has 5 N–H and O–H groups in total. The number of hydrogen-bond acceptors (Lipinski definition) is 4. The summed E-state index contributed by atoms with van der Waals surface area (Å²) in [6.07, 6.45) is -0.474. The van der Waals surface area contributed by atoms with Gasteiger partial charge in [-0.2, -0.15) is 0 Å². The van der Waals surface area contributed by atoms with Crippen molar-refractivity contribution >= 4 is 8.03 Å². The molecule has 9 heavy (non-hydrogen) atoms. The van der Waals surface area contributed by atoms with E-state index in [0.717, 1.165) is 0 Å². The van der Waals surface area contributed by atoms with Crippen LogP contribution >= 0.6 is 8.03 Å². The summed E-state index contributed by atoms with van der Waals surface area (Å²) in [6, 6.07) is 0. The first kappa shape index (κ1) is 8.94. The summed E-state index contributed by atoms with van der Waals surface area (Å²) >= 11 is 0. The fourth-order valence-corrected chi connectivity index (χ4v) is 0.861. The van der Waals surface area contributed by atoms with Crippen molar-refractivity contribution in [2.75, 3.05) is 13.3 Å². The Bertz CT molecular complexity index is 107. The lowest BCUT2D eigenvalue weighted by atomic mass is 10.8. The molecular formula is C3H11N3O2P+. The third kappa shape index (κ3) is 4.44. The molecule has 0 spiro atoms. The lowest BCUT2D eigenvalue weighted by molar-refractivity contribution is -0.452. The maximum absolute atomic E-state index is 10.0. The Morgan fingerprint density at radius 2 is 2.44 bits per heavy atom. The first-order valence-electron chi connectivity index (χ1n) is 2.44. The van der Waals surface area contributed by atoms with Crippen molar-refractivity contribution in [2.45, 2.75) is 6.29 Å². The molecule has 0 saturated heterocycles. The van der Waals surface area contributed by atoms with Crippen LogP contribution in [0.2, 0.25) is 0 Å². The van der Waals surface area contributed by atoms with Crippen molar-refractivity contribution < 1.29 is 15.2 Å². The highest BCUT2D eigenvalue weighted by Gasteiger charge is 2.12. The Kier molecular flexibility index (Phi) is 3.84. The van der Waals surface area contributed by atoms with Crippen LogP contribution in [0.15, 0.2) is 0 Å². The van der Waals surface area contributed by atoms with Crippen LogP contribution in [0.1, 0.15) is 0 Å². The van der Waals surface area contributed by atoms with Gasteiger partial charge in [-0.3, -0.25) is 5.73 Å². The molecule has 0 radical (unpaired) electrons. The molecule has 0 aromatic rings. The van der Waals surface area contributed by atoms with Gasteiger partial charge in [0.1, 0.15) is 0 Å². The van der Waals surface area contributed by atoms with E-state index in [2.05, 4.69) is 5.73 Å². The fraction of sp³-hybridized carbons (Fsp3) is 1.00. The van der Waals surface area contributed by atoms with Gasteiger partial charge < -0.3 is 10.6 Å². The van der Waals surface area contributed by atoms with Crippen molar-refractivity contribution in [3.8, 4) is 0 Å². The number of quaternary nitrogens is 1. The second-order valence-corrected chi connectivity index (χ2v) is 2.75. The van der Waals surface area contributed by atoms with Crippen molar-refractivity contribution in [2.24, 2.45) is 5.73 Å². The number of rotatable bonds is 3. The van der Waals surface area contributed by atoms with Gasteiger partial charge in [-0.1, -0.05) is 4.57 Å². The molecule has 2 unspecified atom stereocenters. The van der Waals surface area contributed by atoms with Crippen molar-refractivity contribution in [1.29, 1.82) is 0 Å². The van der Waals surface area contributed by atoms with Crippen molar-refractivity contribution in [1.82, 2.24) is 4.90 Å². The average Bonchev–Trinajstić information content (AvgIpc) is 1.63. The first-order valence-corrected chi connectivity index (χ1v) is 3.81. The van der Waals surface area contributed by atoms with E-state index in [-0.39, 0.29) is 6.29 Å². The third-order valence-corrected chi connectivity index (χ3v) is 1.58. The first-order chi connectivity index (χ1) is 4.04. The largest absolute Gasteiger partial charge is 0.594 e. The molecule has 6 heteroatoms. The van der Waals surface area contributed by atoms with E-state index in [4.69, 9.17) is 5.73 Å². The zero-order valence-corrected chi connectivity index (χ0v) is 6.17. The Morgan fingerprint density at radius 3 is 2.56 bits per heavy atom. The molecule has 0 aliphatic heterocycles. The molecule has 0 aliphatic rings. The minimum Gasteiger partial charge on any atom is -0.594 e. The Morgan fingerprint density at radius 1 is 2.00 bits per heavy atom. The molecule has 5 nitrogen and oxygen atoms in total. The van der Waals surface area contributed by atoms with E-state index >= 15 is 0 Å². The lowest BCUT2D eigenvalue weighted by Crippen LogP contribution is -2.73. The SMILES string of the molecule is CN(C[P+](=O)[O-])C(N)[NH3+]. The third-order valence-electron chi connectivity index (χ3n) is 0.905. The van der Waals surface area contributed by atoms with Crippen LogP contribution in [-0.2, 0) is 4.57 Å². The van der Waals surface area contributed by atoms with Crippen LogP contribution in [-0.4, -0.2) is 24.5 Å². The van der Waals surface area contributed by atoms with Crippen LogP contribution in [0, 0.1) is 0 Å². The molecule has 0 fully saturated rings. The molecule has 0 heterocycles. The zero-order chi connectivity index (χ0) is 7.44. The molecule has 0 saturated carbocycles. The van der Waals surface area contributed by atoms with Gasteiger partial charge in [0.25, 0.3) is 0 Å². The topological polar surface area (TPSA) is 97.0 Å². The maximum atomic E-state index is 10.0. The molecule has 0 bridgehead atoms. The smallest absolute Gasteiger partial charge is 0.325 e. The molecule has 0 aliphatic carbocycles. The number of hydrogen-bond donors (Lipinski definition) is 2. The fourth-order valence-electron chi connectivity index (χ4n) is 0.287. The van der Waals surface area contributed by atoms with Gasteiger partial charge in [0, 0.05) is 0 Å². The van der Waals surface area contributed by atoms with Gasteiger partial charge in [0.2, 0.25) is 6.29 Å². The molecule has 2 atom stereocenters. The van der Waals surface area contributed by atoms with Crippen molar-refractivity contribution in [3.63, 3.8) is 0 Å². The minimum atomic E-state index is -2.37. The second-order valence-electron chi connectivity index (χ2n) is 1.80. The zero-order valence-electron chi connectivity index (χ0n) is 5.28. The van der Waals surface area contributed by atoms with Crippen LogP contribution in [0.5, 0.6) is 0 Å². The summed E-state index contributed by atoms with van der Waals surface area (Å²) in [7, 11) is -0.766. The Balaban J connectivity index is 3.50. The van der Waals surface area contributed by atoms with Gasteiger partial charge >= 0.3 is 8.03 Å². The van der Waals surface area contributed by atoms with E-state index in [1.54, 1.807) is 7.05 Å². The van der Waals surface area contributed by atoms with E-state index in [0.29, 0.717) is 0 Å². The molecule has 0 aromatic heterocycles. The highest BCUT2D eigenvalue weighted by molar-refractivity contribution is 7.36. The predicted octanol–water partition coefficient (Wildman–Crippen LogP) is -2.54. The monoisotopic (exact) mass is 152 g/mol. The van der Waals surface area contributed by atoms with Gasteiger partial charge in [0.05, 0.1) is 0 Å². The Labute approximate surface area is 54.5 Å². The molecule has 0 aromatic carbocycles. The summed E-state index contributed by atoms with van der Waals surface area (Å²) < 4.78 is 10.0. The number of nitrogens with zero attached hydrogens (tertiary/aromatic N) is 1. The molecule has 0 rings (SSSR count). The quantitative estimate of drug-likeness (QED) is 0.344. The van der Waals surface area contributed by atoms with E-state index in [9.17, 15) is 9.46 Å². The van der Waals surface area contributed by atoms with Crippen molar-refractivity contribution in [3.05, 3.63) is 0 Å². The molecule has 54 valence electrons. The standard InChI is InChI=1S/C3H10N3O2P/c1-6(3(4)5)2-9(7)8/h3H,2,4-5H2,1H3/p+1. The molecule has 0 amide bonds. The van der Waals surface area contributed by atoms with Crippen LogP contribution in [0.25, 0.3) is 0 Å². The van der Waals surface area contributed by atoms with Gasteiger partial charge in [-0.25, -0.2) is 4.90 Å². The summed E-state index contributed by atoms with van der Waals surface area (Å²) in [4.78, 5) is 11.5. The second kappa shape index (κ2) is 3.87. The van der Waals surface area contributed by atoms with E-state index in [1.165, 1.54) is 4.90 Å². The maximum Gasteiger partial charge on any atom is 0.325 e. The van der Waals surface area contributed by atoms with Crippen LogP contribution < -0.4 is 16.4 Å². The predicted molar refractivity (Wildman–Crippen MR) is 31.1 cm³/mol. The summed E-state index contributed by atoms with van der Waals surface area (Å²) in [5, 5.41) is 0. The number of nitrogens with two attached hydrogens (primary N) is 1. The van der Waals surface area contributed by atoms with Gasteiger partial charge in [-0.05, 0) is 7.05 Å². The van der Waals surface area contributed by atoms with Gasteiger partial charge in [-0.15, -0.1) is 0 Å².